The van der Waals surface area contributed by atoms with Crippen molar-refractivity contribution in [3.8, 4) is 5.75 Å². The van der Waals surface area contributed by atoms with Gasteiger partial charge in [0.1, 0.15) is 5.75 Å². The standard InChI is InChI=1S/C23H32N4OS/c1-24-23(26(2)16-18-9-11-20(29-4)12-10-18)25-15-19-13-14-27(17-19)21-7-5-6-8-22(21)28-3/h5-12,19H,13-17H2,1-4H3,(H,24,25). The highest BCUT2D eigenvalue weighted by atomic mass is 32.2. The van der Waals surface area contributed by atoms with E-state index in [1.165, 1.54) is 22.6 Å². The quantitative estimate of drug-likeness (QED) is 0.424. The van der Waals surface area contributed by atoms with Crippen molar-refractivity contribution in [2.75, 3.05) is 52.0 Å². The number of benzene rings is 2. The van der Waals surface area contributed by atoms with Gasteiger partial charge in [0.25, 0.3) is 0 Å². The van der Waals surface area contributed by atoms with E-state index in [0.29, 0.717) is 5.92 Å². The number of hydrogen-bond donors (Lipinski definition) is 1. The summed E-state index contributed by atoms with van der Waals surface area (Å²) >= 11 is 1.77. The van der Waals surface area contributed by atoms with Crippen LogP contribution in [0.3, 0.4) is 0 Å². The molecule has 0 bridgehead atoms. The molecule has 1 unspecified atom stereocenters. The lowest BCUT2D eigenvalue weighted by molar-refractivity contribution is 0.414. The topological polar surface area (TPSA) is 40.1 Å². The van der Waals surface area contributed by atoms with E-state index in [-0.39, 0.29) is 0 Å². The molecule has 0 aromatic heterocycles. The first-order valence-electron chi connectivity index (χ1n) is 10.1. The number of nitrogens with zero attached hydrogens (tertiary/aromatic N) is 3. The number of nitrogens with one attached hydrogen (secondary N) is 1. The maximum Gasteiger partial charge on any atom is 0.193 e. The van der Waals surface area contributed by atoms with Crippen molar-refractivity contribution < 1.29 is 4.74 Å². The van der Waals surface area contributed by atoms with Crippen LogP contribution < -0.4 is 15.0 Å². The van der Waals surface area contributed by atoms with E-state index in [4.69, 9.17) is 4.74 Å². The second-order valence-corrected chi connectivity index (χ2v) is 8.28. The molecule has 1 heterocycles. The molecule has 29 heavy (non-hydrogen) atoms. The Balaban J connectivity index is 1.51. The summed E-state index contributed by atoms with van der Waals surface area (Å²) in [5.41, 5.74) is 2.48. The molecular weight excluding hydrogens is 380 g/mol. The number of ether oxygens (including phenoxy) is 1. The van der Waals surface area contributed by atoms with Gasteiger partial charge in [0.05, 0.1) is 12.8 Å². The van der Waals surface area contributed by atoms with Gasteiger partial charge in [0.2, 0.25) is 0 Å². The zero-order valence-corrected chi connectivity index (χ0v) is 18.7. The molecule has 2 aromatic carbocycles. The van der Waals surface area contributed by atoms with E-state index in [0.717, 1.165) is 37.9 Å². The summed E-state index contributed by atoms with van der Waals surface area (Å²) in [7, 11) is 5.68. The zero-order chi connectivity index (χ0) is 20.6. The highest BCUT2D eigenvalue weighted by Crippen LogP contribution is 2.31. The van der Waals surface area contributed by atoms with Crippen molar-refractivity contribution in [1.29, 1.82) is 0 Å². The Morgan fingerprint density at radius 3 is 2.69 bits per heavy atom. The van der Waals surface area contributed by atoms with Crippen LogP contribution in [0.5, 0.6) is 5.75 Å². The SMILES string of the molecule is CN=C(NCC1CCN(c2ccccc2OC)C1)N(C)Cc1ccc(SC)cc1. The highest BCUT2D eigenvalue weighted by molar-refractivity contribution is 7.98. The highest BCUT2D eigenvalue weighted by Gasteiger charge is 2.25. The van der Waals surface area contributed by atoms with Gasteiger partial charge < -0.3 is 19.9 Å². The van der Waals surface area contributed by atoms with Crippen LogP contribution in [-0.4, -0.2) is 58.0 Å². The van der Waals surface area contributed by atoms with Crippen LogP contribution in [0, 0.1) is 5.92 Å². The van der Waals surface area contributed by atoms with Crippen molar-refractivity contribution in [3.05, 3.63) is 54.1 Å². The fourth-order valence-electron chi connectivity index (χ4n) is 3.81. The second kappa shape index (κ2) is 10.4. The van der Waals surface area contributed by atoms with E-state index in [1.54, 1.807) is 18.9 Å². The summed E-state index contributed by atoms with van der Waals surface area (Å²) in [6, 6.07) is 17.0. The molecule has 0 saturated carbocycles. The van der Waals surface area contributed by atoms with Gasteiger partial charge in [-0.25, -0.2) is 0 Å². The van der Waals surface area contributed by atoms with Gasteiger partial charge in [-0.2, -0.15) is 0 Å². The van der Waals surface area contributed by atoms with Crippen LogP contribution in [0.15, 0.2) is 58.4 Å². The smallest absolute Gasteiger partial charge is 0.193 e. The molecule has 2 aromatic rings. The molecule has 156 valence electrons. The normalized spacial score (nSPS) is 16.8. The van der Waals surface area contributed by atoms with Gasteiger partial charge in [-0.05, 0) is 48.4 Å². The predicted molar refractivity (Wildman–Crippen MR) is 124 cm³/mol. The Bertz CT molecular complexity index is 809. The van der Waals surface area contributed by atoms with Crippen molar-refractivity contribution >= 4 is 23.4 Å². The minimum absolute atomic E-state index is 0.589. The van der Waals surface area contributed by atoms with E-state index >= 15 is 0 Å². The van der Waals surface area contributed by atoms with Gasteiger partial charge >= 0.3 is 0 Å². The summed E-state index contributed by atoms with van der Waals surface area (Å²) in [5.74, 6) is 2.48. The first-order chi connectivity index (χ1) is 14.1. The predicted octanol–water partition coefficient (Wildman–Crippen LogP) is 3.95. The van der Waals surface area contributed by atoms with Crippen LogP contribution >= 0.6 is 11.8 Å². The fraction of sp³-hybridized carbons (Fsp3) is 0.435. The molecule has 0 radical (unpaired) electrons. The Labute approximate surface area is 179 Å². The first kappa shape index (κ1) is 21.4. The molecule has 3 rings (SSSR count). The van der Waals surface area contributed by atoms with Crippen molar-refractivity contribution in [2.45, 2.75) is 17.9 Å². The molecule has 5 nitrogen and oxygen atoms in total. The van der Waals surface area contributed by atoms with Gasteiger partial charge in [0.15, 0.2) is 5.96 Å². The number of thioether (sulfide) groups is 1. The maximum absolute atomic E-state index is 5.53. The molecule has 1 fully saturated rings. The molecule has 0 aliphatic carbocycles. The third kappa shape index (κ3) is 5.60. The Kier molecular flexibility index (Phi) is 7.69. The Morgan fingerprint density at radius 2 is 2.00 bits per heavy atom. The summed E-state index contributed by atoms with van der Waals surface area (Å²) in [4.78, 5) is 10.4. The first-order valence-corrected chi connectivity index (χ1v) is 11.3. The average molecular weight is 413 g/mol. The average Bonchev–Trinajstić information content (AvgIpc) is 3.23. The van der Waals surface area contributed by atoms with Crippen molar-refractivity contribution in [2.24, 2.45) is 10.9 Å². The Morgan fingerprint density at radius 1 is 1.24 bits per heavy atom. The Hall–Kier alpha value is -2.34. The van der Waals surface area contributed by atoms with Crippen LogP contribution in [-0.2, 0) is 6.54 Å². The summed E-state index contributed by atoms with van der Waals surface area (Å²) in [6.45, 7) is 3.85. The lowest BCUT2D eigenvalue weighted by Gasteiger charge is -2.24. The number of para-hydroxylation sites is 2. The molecule has 0 amide bonds. The van der Waals surface area contributed by atoms with Gasteiger partial charge in [-0.3, -0.25) is 4.99 Å². The zero-order valence-electron chi connectivity index (χ0n) is 17.9. The lowest BCUT2D eigenvalue weighted by atomic mass is 10.1. The minimum atomic E-state index is 0.589. The summed E-state index contributed by atoms with van der Waals surface area (Å²) < 4.78 is 5.53. The number of hydrogen-bond acceptors (Lipinski definition) is 4. The summed E-state index contributed by atoms with van der Waals surface area (Å²) in [6.07, 6.45) is 3.27. The largest absolute Gasteiger partial charge is 0.495 e. The minimum Gasteiger partial charge on any atom is -0.495 e. The lowest BCUT2D eigenvalue weighted by Crippen LogP contribution is -2.41. The van der Waals surface area contributed by atoms with Crippen LogP contribution in [0.1, 0.15) is 12.0 Å². The molecule has 0 spiro atoms. The fourth-order valence-corrected chi connectivity index (χ4v) is 4.22. The third-order valence-electron chi connectivity index (χ3n) is 5.41. The van der Waals surface area contributed by atoms with Crippen molar-refractivity contribution in [1.82, 2.24) is 10.2 Å². The molecule has 1 aliphatic rings. The second-order valence-electron chi connectivity index (χ2n) is 7.40. The van der Waals surface area contributed by atoms with E-state index < -0.39 is 0 Å². The molecule has 1 atom stereocenters. The molecule has 1 N–H and O–H groups in total. The molecule has 1 aliphatic heterocycles. The summed E-state index contributed by atoms with van der Waals surface area (Å²) in [5, 5.41) is 3.57. The number of anilines is 1. The maximum atomic E-state index is 5.53. The number of methoxy groups -OCH3 is 1. The van der Waals surface area contributed by atoms with Gasteiger partial charge in [0, 0.05) is 45.2 Å². The third-order valence-corrected chi connectivity index (χ3v) is 6.16. The van der Waals surface area contributed by atoms with Gasteiger partial charge in [-0.1, -0.05) is 24.3 Å². The monoisotopic (exact) mass is 412 g/mol. The van der Waals surface area contributed by atoms with Crippen LogP contribution in [0.25, 0.3) is 0 Å². The molecule has 6 heteroatoms. The van der Waals surface area contributed by atoms with Crippen LogP contribution in [0.2, 0.25) is 0 Å². The number of aliphatic imine (C=N–C) groups is 1. The van der Waals surface area contributed by atoms with Crippen molar-refractivity contribution in [3.63, 3.8) is 0 Å². The van der Waals surface area contributed by atoms with E-state index in [9.17, 15) is 0 Å². The molecule has 1 saturated heterocycles. The van der Waals surface area contributed by atoms with E-state index in [1.807, 2.05) is 19.2 Å². The number of guanidine groups is 1. The van der Waals surface area contributed by atoms with Crippen LogP contribution in [0.4, 0.5) is 5.69 Å². The molecular formula is C23H32N4OS. The van der Waals surface area contributed by atoms with E-state index in [2.05, 4.69) is 69.8 Å². The van der Waals surface area contributed by atoms with Gasteiger partial charge in [-0.15, -0.1) is 11.8 Å². The number of rotatable bonds is 7.